The van der Waals surface area contributed by atoms with Crippen LogP contribution in [0.1, 0.15) is 11.1 Å². The molecule has 0 amide bonds. The molecule has 4 heteroatoms. The lowest BCUT2D eigenvalue weighted by Gasteiger charge is -2.08. The Morgan fingerprint density at radius 3 is 2.88 bits per heavy atom. The van der Waals surface area contributed by atoms with Gasteiger partial charge in [0.2, 0.25) is 0 Å². The Kier molecular flexibility index (Phi) is 3.01. The number of aryl methyl sites for hydroxylation is 1. The van der Waals surface area contributed by atoms with Gasteiger partial charge in [0.05, 0.1) is 5.56 Å². The SMILES string of the molecule is Cc1ccnc(Nc2cccc(F)c2)c1C#N. The van der Waals surface area contributed by atoms with Gasteiger partial charge in [-0.3, -0.25) is 0 Å². The molecule has 3 nitrogen and oxygen atoms in total. The zero-order valence-corrected chi connectivity index (χ0v) is 9.24. The van der Waals surface area contributed by atoms with E-state index in [0.29, 0.717) is 17.1 Å². The van der Waals surface area contributed by atoms with Crippen molar-refractivity contribution in [3.63, 3.8) is 0 Å². The second-order valence-electron chi connectivity index (χ2n) is 3.60. The van der Waals surface area contributed by atoms with Crippen LogP contribution in [-0.4, -0.2) is 4.98 Å². The summed E-state index contributed by atoms with van der Waals surface area (Å²) in [5, 5.41) is 12.0. The minimum absolute atomic E-state index is 0.332. The highest BCUT2D eigenvalue weighted by Crippen LogP contribution is 2.20. The Labute approximate surface area is 98.5 Å². The van der Waals surface area contributed by atoms with E-state index >= 15 is 0 Å². The number of hydrogen-bond acceptors (Lipinski definition) is 3. The van der Waals surface area contributed by atoms with Gasteiger partial charge in [-0.25, -0.2) is 9.37 Å². The highest BCUT2D eigenvalue weighted by atomic mass is 19.1. The molecule has 0 aliphatic rings. The molecule has 17 heavy (non-hydrogen) atoms. The van der Waals surface area contributed by atoms with E-state index in [4.69, 9.17) is 5.26 Å². The monoisotopic (exact) mass is 227 g/mol. The van der Waals surface area contributed by atoms with Crippen LogP contribution in [0.3, 0.4) is 0 Å². The molecule has 0 atom stereocenters. The lowest BCUT2D eigenvalue weighted by atomic mass is 10.1. The lowest BCUT2D eigenvalue weighted by Crippen LogP contribution is -1.98. The van der Waals surface area contributed by atoms with Crippen molar-refractivity contribution in [1.82, 2.24) is 4.98 Å². The summed E-state index contributed by atoms with van der Waals surface area (Å²) in [5.74, 6) is 0.110. The number of nitrogens with one attached hydrogen (secondary N) is 1. The summed E-state index contributed by atoms with van der Waals surface area (Å²) < 4.78 is 13.0. The molecule has 0 saturated heterocycles. The molecular formula is C13H10FN3. The Bertz CT molecular complexity index is 587. The van der Waals surface area contributed by atoms with Crippen LogP contribution in [0.15, 0.2) is 36.5 Å². The predicted octanol–water partition coefficient (Wildman–Crippen LogP) is 3.14. The van der Waals surface area contributed by atoms with Crippen LogP contribution in [0.25, 0.3) is 0 Å². The fourth-order valence-electron chi connectivity index (χ4n) is 1.50. The third-order valence-electron chi connectivity index (χ3n) is 2.36. The third kappa shape index (κ3) is 2.40. The second kappa shape index (κ2) is 4.62. The van der Waals surface area contributed by atoms with E-state index in [2.05, 4.69) is 16.4 Å². The largest absolute Gasteiger partial charge is 0.339 e. The van der Waals surface area contributed by atoms with Gasteiger partial charge in [-0.1, -0.05) is 6.07 Å². The van der Waals surface area contributed by atoms with Crippen molar-refractivity contribution < 1.29 is 4.39 Å². The number of pyridine rings is 1. The quantitative estimate of drug-likeness (QED) is 0.857. The number of halogens is 1. The molecule has 0 radical (unpaired) electrons. The molecule has 0 spiro atoms. The Balaban J connectivity index is 2.37. The summed E-state index contributed by atoms with van der Waals surface area (Å²) in [4.78, 5) is 4.08. The van der Waals surface area contributed by atoms with Crippen LogP contribution < -0.4 is 5.32 Å². The van der Waals surface area contributed by atoms with E-state index in [-0.39, 0.29) is 5.82 Å². The van der Waals surface area contributed by atoms with Crippen molar-refractivity contribution in [2.75, 3.05) is 5.32 Å². The molecule has 0 aliphatic carbocycles. The Morgan fingerprint density at radius 2 is 2.18 bits per heavy atom. The van der Waals surface area contributed by atoms with Crippen molar-refractivity contribution in [3.05, 3.63) is 53.5 Å². The molecular weight excluding hydrogens is 217 g/mol. The first-order valence-electron chi connectivity index (χ1n) is 5.09. The molecule has 84 valence electrons. The highest BCUT2D eigenvalue weighted by Gasteiger charge is 2.06. The van der Waals surface area contributed by atoms with E-state index in [1.54, 1.807) is 24.4 Å². The van der Waals surface area contributed by atoms with E-state index in [9.17, 15) is 4.39 Å². The van der Waals surface area contributed by atoms with Gasteiger partial charge in [-0.05, 0) is 36.8 Å². The Hall–Kier alpha value is -2.41. The molecule has 2 rings (SSSR count). The van der Waals surface area contributed by atoms with E-state index in [0.717, 1.165) is 5.56 Å². The first-order chi connectivity index (χ1) is 8.20. The minimum Gasteiger partial charge on any atom is -0.339 e. The van der Waals surface area contributed by atoms with Crippen LogP contribution in [0, 0.1) is 24.1 Å². The van der Waals surface area contributed by atoms with Crippen molar-refractivity contribution in [3.8, 4) is 6.07 Å². The van der Waals surface area contributed by atoms with Crippen LogP contribution in [0.5, 0.6) is 0 Å². The van der Waals surface area contributed by atoms with Gasteiger partial charge >= 0.3 is 0 Å². The molecule has 1 heterocycles. The maximum absolute atomic E-state index is 13.0. The number of rotatable bonds is 2. The fraction of sp³-hybridized carbons (Fsp3) is 0.0769. The van der Waals surface area contributed by atoms with Crippen LogP contribution in [0.2, 0.25) is 0 Å². The summed E-state index contributed by atoms with van der Waals surface area (Å²) in [6.07, 6.45) is 1.61. The second-order valence-corrected chi connectivity index (χ2v) is 3.60. The van der Waals surface area contributed by atoms with Gasteiger partial charge in [-0.2, -0.15) is 5.26 Å². The zero-order chi connectivity index (χ0) is 12.3. The molecule has 0 fully saturated rings. The first-order valence-corrected chi connectivity index (χ1v) is 5.09. The fourth-order valence-corrected chi connectivity index (χ4v) is 1.50. The van der Waals surface area contributed by atoms with E-state index < -0.39 is 0 Å². The number of nitrogens with zero attached hydrogens (tertiary/aromatic N) is 2. The molecule has 0 saturated carbocycles. The summed E-state index contributed by atoms with van der Waals surface area (Å²) >= 11 is 0. The van der Waals surface area contributed by atoms with Crippen molar-refractivity contribution >= 4 is 11.5 Å². The summed E-state index contributed by atoms with van der Waals surface area (Å²) in [6.45, 7) is 1.83. The molecule has 0 aliphatic heterocycles. The molecule has 1 aromatic heterocycles. The highest BCUT2D eigenvalue weighted by molar-refractivity contribution is 5.64. The maximum Gasteiger partial charge on any atom is 0.148 e. The molecule has 2 aromatic rings. The third-order valence-corrected chi connectivity index (χ3v) is 2.36. The van der Waals surface area contributed by atoms with Gasteiger partial charge in [0.25, 0.3) is 0 Å². The van der Waals surface area contributed by atoms with Crippen molar-refractivity contribution in [2.24, 2.45) is 0 Å². The molecule has 0 bridgehead atoms. The number of benzene rings is 1. The topological polar surface area (TPSA) is 48.7 Å². The molecule has 1 N–H and O–H groups in total. The van der Waals surface area contributed by atoms with E-state index in [1.165, 1.54) is 12.1 Å². The maximum atomic E-state index is 13.0. The normalized spacial score (nSPS) is 9.71. The molecule has 0 unspecified atom stereocenters. The predicted molar refractivity (Wildman–Crippen MR) is 63.4 cm³/mol. The summed E-state index contributed by atoms with van der Waals surface area (Å²) in [6, 6.07) is 9.87. The number of hydrogen-bond donors (Lipinski definition) is 1. The van der Waals surface area contributed by atoms with Crippen LogP contribution in [-0.2, 0) is 0 Å². The zero-order valence-electron chi connectivity index (χ0n) is 9.24. The lowest BCUT2D eigenvalue weighted by molar-refractivity contribution is 0.628. The first kappa shape index (κ1) is 11.1. The number of anilines is 2. The summed E-state index contributed by atoms with van der Waals surface area (Å²) in [5.41, 5.74) is 1.87. The van der Waals surface area contributed by atoms with Crippen LogP contribution >= 0.6 is 0 Å². The summed E-state index contributed by atoms with van der Waals surface area (Å²) in [7, 11) is 0. The Morgan fingerprint density at radius 1 is 1.35 bits per heavy atom. The van der Waals surface area contributed by atoms with Gasteiger partial charge in [0, 0.05) is 11.9 Å². The van der Waals surface area contributed by atoms with Gasteiger partial charge < -0.3 is 5.32 Å². The van der Waals surface area contributed by atoms with Crippen molar-refractivity contribution in [1.29, 1.82) is 5.26 Å². The number of nitriles is 1. The van der Waals surface area contributed by atoms with Crippen molar-refractivity contribution in [2.45, 2.75) is 6.92 Å². The molecule has 1 aromatic carbocycles. The number of aromatic nitrogens is 1. The minimum atomic E-state index is -0.332. The average Bonchev–Trinajstić information content (AvgIpc) is 2.29. The smallest absolute Gasteiger partial charge is 0.148 e. The van der Waals surface area contributed by atoms with E-state index in [1.807, 2.05) is 6.92 Å². The van der Waals surface area contributed by atoms with Gasteiger partial charge in [0.15, 0.2) is 0 Å². The van der Waals surface area contributed by atoms with Gasteiger partial charge in [0.1, 0.15) is 17.7 Å². The van der Waals surface area contributed by atoms with Crippen LogP contribution in [0.4, 0.5) is 15.9 Å². The van der Waals surface area contributed by atoms with Gasteiger partial charge in [-0.15, -0.1) is 0 Å². The standard InChI is InChI=1S/C13H10FN3/c1-9-5-6-16-13(12(9)8-15)17-11-4-2-3-10(14)7-11/h2-7H,1H3,(H,16,17). The average molecular weight is 227 g/mol.